The molecule has 0 amide bonds. The molecule has 1 aromatic heterocycles. The van der Waals surface area contributed by atoms with Gasteiger partial charge in [-0.2, -0.15) is 0 Å². The fourth-order valence-electron chi connectivity index (χ4n) is 2.99. The van der Waals surface area contributed by atoms with Crippen molar-refractivity contribution in [2.45, 2.75) is 58.0 Å². The number of rotatable bonds is 1. The van der Waals surface area contributed by atoms with Crippen LogP contribution in [0.25, 0.3) is 0 Å². The second-order valence-electron chi connectivity index (χ2n) is 5.77. The molecule has 1 aromatic rings. The maximum Gasteiger partial charge on any atom is 0.196 e. The quantitative estimate of drug-likeness (QED) is 0.696. The summed E-state index contributed by atoms with van der Waals surface area (Å²) in [5.41, 5.74) is 0.388. The largest absolute Gasteiger partial charge is 0.449 e. The molecule has 0 bridgehead atoms. The average Bonchev–Trinajstić information content (AvgIpc) is 2.53. The van der Waals surface area contributed by atoms with E-state index >= 15 is 0 Å². The molecule has 1 aliphatic rings. The zero-order valence-electron chi connectivity index (χ0n) is 10.2. The van der Waals surface area contributed by atoms with E-state index in [2.05, 4.69) is 38.7 Å². The molecule has 0 atom stereocenters. The maximum atomic E-state index is 5.57. The third-order valence-electron chi connectivity index (χ3n) is 3.51. The van der Waals surface area contributed by atoms with E-state index in [1.165, 1.54) is 19.3 Å². The van der Waals surface area contributed by atoms with Gasteiger partial charge in [0.25, 0.3) is 0 Å². The molecule has 0 aliphatic carbocycles. The van der Waals surface area contributed by atoms with Crippen LogP contribution in [-0.2, 0) is 0 Å². The lowest BCUT2D eigenvalue weighted by molar-refractivity contribution is 0.230. The van der Waals surface area contributed by atoms with Gasteiger partial charge in [-0.3, -0.25) is 0 Å². The van der Waals surface area contributed by atoms with Crippen molar-refractivity contribution in [3.63, 3.8) is 0 Å². The Bertz CT molecular complexity index is 308. The van der Waals surface area contributed by atoms with Crippen molar-refractivity contribution in [1.29, 1.82) is 0 Å². The molecule has 1 saturated heterocycles. The van der Waals surface area contributed by atoms with Crippen molar-refractivity contribution in [2.24, 2.45) is 0 Å². The van der Waals surface area contributed by atoms with Gasteiger partial charge < -0.3 is 9.32 Å². The fourth-order valence-corrected chi connectivity index (χ4v) is 2.99. The van der Waals surface area contributed by atoms with Gasteiger partial charge in [0.1, 0.15) is 0 Å². The molecule has 2 heterocycles. The van der Waals surface area contributed by atoms with E-state index in [9.17, 15) is 0 Å². The summed E-state index contributed by atoms with van der Waals surface area (Å²) >= 11 is 0. The highest BCUT2D eigenvalue weighted by Crippen LogP contribution is 2.41. The molecule has 0 radical (unpaired) electrons. The highest BCUT2D eigenvalue weighted by molar-refractivity contribution is 5.43. The zero-order chi connectivity index (χ0) is 11.1. The molecule has 0 spiro atoms. The van der Waals surface area contributed by atoms with E-state index in [1.807, 2.05) is 6.07 Å². The van der Waals surface area contributed by atoms with Crippen LogP contribution in [0.5, 0.6) is 0 Å². The first-order chi connectivity index (χ1) is 6.93. The highest BCUT2D eigenvalue weighted by atomic mass is 16.3. The molecule has 0 unspecified atom stereocenters. The standard InChI is InChI=1S/C13H21NO/c1-12(2)8-6-9-13(3,4)14(12)11-7-5-10-15-11/h5,7,10H,6,8-9H2,1-4H3. The van der Waals surface area contributed by atoms with Gasteiger partial charge in [-0.25, -0.2) is 0 Å². The Morgan fingerprint density at radius 1 is 1.13 bits per heavy atom. The van der Waals surface area contributed by atoms with Crippen LogP contribution >= 0.6 is 0 Å². The Morgan fingerprint density at radius 3 is 2.20 bits per heavy atom. The lowest BCUT2D eigenvalue weighted by Crippen LogP contribution is -2.58. The van der Waals surface area contributed by atoms with Crippen molar-refractivity contribution >= 4 is 5.88 Å². The molecule has 2 nitrogen and oxygen atoms in total. The van der Waals surface area contributed by atoms with Crippen LogP contribution in [0.4, 0.5) is 5.88 Å². The Balaban J connectivity index is 2.39. The molecule has 2 heteroatoms. The molecule has 0 aromatic carbocycles. The van der Waals surface area contributed by atoms with Gasteiger partial charge in [-0.1, -0.05) is 0 Å². The summed E-state index contributed by atoms with van der Waals surface area (Å²) in [6.45, 7) is 9.21. The smallest absolute Gasteiger partial charge is 0.196 e. The van der Waals surface area contributed by atoms with Crippen LogP contribution in [-0.4, -0.2) is 11.1 Å². The van der Waals surface area contributed by atoms with Gasteiger partial charge in [0.2, 0.25) is 0 Å². The molecular weight excluding hydrogens is 186 g/mol. The zero-order valence-corrected chi connectivity index (χ0v) is 10.2. The van der Waals surface area contributed by atoms with E-state index in [0.29, 0.717) is 0 Å². The summed E-state index contributed by atoms with van der Waals surface area (Å²) in [6.07, 6.45) is 5.53. The van der Waals surface area contributed by atoms with E-state index in [0.717, 1.165) is 5.88 Å². The SMILES string of the molecule is CC1(C)CCCC(C)(C)N1c1ccco1. The van der Waals surface area contributed by atoms with Gasteiger partial charge in [0.15, 0.2) is 5.88 Å². The van der Waals surface area contributed by atoms with E-state index in [1.54, 1.807) is 6.26 Å². The summed E-state index contributed by atoms with van der Waals surface area (Å²) in [7, 11) is 0. The summed E-state index contributed by atoms with van der Waals surface area (Å²) < 4.78 is 5.57. The van der Waals surface area contributed by atoms with Gasteiger partial charge in [-0.05, 0) is 53.0 Å². The Kier molecular flexibility index (Phi) is 2.32. The number of hydrogen-bond acceptors (Lipinski definition) is 2. The van der Waals surface area contributed by atoms with Crippen LogP contribution in [0.1, 0.15) is 47.0 Å². The van der Waals surface area contributed by atoms with Crippen molar-refractivity contribution in [1.82, 2.24) is 0 Å². The normalized spacial score (nSPS) is 24.1. The van der Waals surface area contributed by atoms with E-state index in [4.69, 9.17) is 4.42 Å². The molecule has 0 saturated carbocycles. The summed E-state index contributed by atoms with van der Waals surface area (Å²) in [5.74, 6) is 1.00. The predicted octanol–water partition coefficient (Wildman–Crippen LogP) is 3.83. The first-order valence-corrected chi connectivity index (χ1v) is 5.77. The van der Waals surface area contributed by atoms with Crippen molar-refractivity contribution in [3.8, 4) is 0 Å². The summed E-state index contributed by atoms with van der Waals surface area (Å²) in [5, 5.41) is 0. The Morgan fingerprint density at radius 2 is 1.73 bits per heavy atom. The molecule has 15 heavy (non-hydrogen) atoms. The minimum Gasteiger partial charge on any atom is -0.449 e. The van der Waals surface area contributed by atoms with E-state index < -0.39 is 0 Å². The monoisotopic (exact) mass is 207 g/mol. The number of furan rings is 1. The lowest BCUT2D eigenvalue weighted by atomic mass is 9.80. The van der Waals surface area contributed by atoms with Crippen LogP contribution in [0.3, 0.4) is 0 Å². The van der Waals surface area contributed by atoms with Crippen LogP contribution in [0, 0.1) is 0 Å². The molecule has 2 rings (SSSR count). The van der Waals surface area contributed by atoms with Crippen LogP contribution in [0.2, 0.25) is 0 Å². The third kappa shape index (κ3) is 1.77. The summed E-state index contributed by atoms with van der Waals surface area (Å²) in [4.78, 5) is 2.43. The van der Waals surface area contributed by atoms with Crippen molar-refractivity contribution in [3.05, 3.63) is 18.4 Å². The molecule has 84 valence electrons. The Labute approximate surface area is 92.3 Å². The van der Waals surface area contributed by atoms with Gasteiger partial charge in [0.05, 0.1) is 6.26 Å². The van der Waals surface area contributed by atoms with Crippen molar-refractivity contribution in [2.75, 3.05) is 4.90 Å². The highest BCUT2D eigenvalue weighted by Gasteiger charge is 2.42. The minimum absolute atomic E-state index is 0.194. The van der Waals surface area contributed by atoms with Crippen molar-refractivity contribution < 1.29 is 4.42 Å². The van der Waals surface area contributed by atoms with Gasteiger partial charge in [0, 0.05) is 17.1 Å². The molecular formula is C13H21NO. The number of hydrogen-bond donors (Lipinski definition) is 0. The number of nitrogens with zero attached hydrogens (tertiary/aromatic N) is 1. The minimum atomic E-state index is 0.194. The number of anilines is 1. The topological polar surface area (TPSA) is 16.4 Å². The first kappa shape index (κ1) is 10.6. The van der Waals surface area contributed by atoms with Crippen LogP contribution in [0.15, 0.2) is 22.8 Å². The summed E-state index contributed by atoms with van der Waals surface area (Å²) in [6, 6.07) is 4.03. The second-order valence-corrected chi connectivity index (χ2v) is 5.77. The van der Waals surface area contributed by atoms with E-state index in [-0.39, 0.29) is 11.1 Å². The lowest BCUT2D eigenvalue weighted by Gasteiger charge is -2.52. The first-order valence-electron chi connectivity index (χ1n) is 5.77. The number of piperidine rings is 1. The van der Waals surface area contributed by atoms with Crippen LogP contribution < -0.4 is 4.90 Å². The maximum absolute atomic E-state index is 5.57. The Hall–Kier alpha value is -0.920. The van der Waals surface area contributed by atoms with Gasteiger partial charge >= 0.3 is 0 Å². The second kappa shape index (κ2) is 3.29. The molecule has 0 N–H and O–H groups in total. The fraction of sp³-hybridized carbons (Fsp3) is 0.692. The third-order valence-corrected chi connectivity index (χ3v) is 3.51. The van der Waals surface area contributed by atoms with Gasteiger partial charge in [-0.15, -0.1) is 0 Å². The molecule has 1 aliphatic heterocycles. The predicted molar refractivity (Wildman–Crippen MR) is 63.2 cm³/mol. The molecule has 1 fully saturated rings. The average molecular weight is 207 g/mol.